The molecule has 1 unspecified atom stereocenters. The van der Waals surface area contributed by atoms with Crippen LogP contribution in [0.15, 0.2) is 54.6 Å². The zero-order chi connectivity index (χ0) is 26.1. The molecule has 0 aliphatic rings. The molecule has 1 aromatic heterocycles. The van der Waals surface area contributed by atoms with Crippen molar-refractivity contribution < 1.29 is 24.1 Å². The monoisotopic (exact) mass is 495 g/mol. The normalized spacial score (nSPS) is 12.1. The maximum Gasteiger partial charge on any atom is 0.305 e. The fraction of sp³-hybridized carbons (Fsp3) is 0.429. The number of hydrogen-bond acceptors (Lipinski definition) is 7. The van der Waals surface area contributed by atoms with Gasteiger partial charge in [0.1, 0.15) is 12.7 Å². The molecular formula is C28H37N3O5. The average Bonchev–Trinajstić information content (AvgIpc) is 3.18. The molecule has 1 atom stereocenters. The number of benzene rings is 2. The number of esters is 1. The molecule has 0 fully saturated rings. The zero-order valence-electron chi connectivity index (χ0n) is 21.8. The molecule has 0 aliphatic carbocycles. The average molecular weight is 496 g/mol. The van der Waals surface area contributed by atoms with Crippen molar-refractivity contribution in [3.8, 4) is 23.1 Å². The van der Waals surface area contributed by atoms with E-state index in [-0.39, 0.29) is 18.6 Å². The number of ether oxygens (including phenoxy) is 3. The fourth-order valence-electron chi connectivity index (χ4n) is 3.83. The molecule has 1 heterocycles. The van der Waals surface area contributed by atoms with Gasteiger partial charge in [0.05, 0.1) is 24.1 Å². The first-order valence-electron chi connectivity index (χ1n) is 12.4. The Hall–Kier alpha value is -3.36. The molecular weight excluding hydrogens is 458 g/mol. The van der Waals surface area contributed by atoms with E-state index in [4.69, 9.17) is 19.3 Å². The quantitative estimate of drug-likeness (QED) is 0.338. The third kappa shape index (κ3) is 7.08. The van der Waals surface area contributed by atoms with Crippen molar-refractivity contribution >= 4 is 5.97 Å². The van der Waals surface area contributed by atoms with E-state index in [1.54, 1.807) is 11.8 Å². The number of aliphatic hydroxyl groups is 1. The third-order valence-corrected chi connectivity index (χ3v) is 5.84. The number of methoxy groups -OCH3 is 1. The molecule has 0 bridgehead atoms. The van der Waals surface area contributed by atoms with Crippen molar-refractivity contribution in [3.63, 3.8) is 0 Å². The molecule has 0 spiro atoms. The largest absolute Gasteiger partial charge is 0.493 e. The lowest BCUT2D eigenvalue weighted by molar-refractivity contribution is -0.147. The van der Waals surface area contributed by atoms with Crippen LogP contribution in [0.3, 0.4) is 0 Å². The van der Waals surface area contributed by atoms with Crippen molar-refractivity contribution in [1.29, 1.82) is 0 Å². The SMILES string of the molecule is CCCC(=O)OCC(O)CN(Cc1c(C)nn(-c2ccccc2)c1Oc1ccccc1OC)C(C)C. The highest BCUT2D eigenvalue weighted by molar-refractivity contribution is 5.69. The van der Waals surface area contributed by atoms with Crippen molar-refractivity contribution in [3.05, 3.63) is 65.9 Å². The van der Waals surface area contributed by atoms with Gasteiger partial charge in [-0.15, -0.1) is 0 Å². The van der Waals surface area contributed by atoms with E-state index in [0.29, 0.717) is 43.3 Å². The van der Waals surface area contributed by atoms with Gasteiger partial charge in [0.25, 0.3) is 0 Å². The number of rotatable bonds is 13. The van der Waals surface area contributed by atoms with Crippen molar-refractivity contribution in [2.24, 2.45) is 0 Å². The van der Waals surface area contributed by atoms with Gasteiger partial charge in [-0.05, 0) is 51.5 Å². The second-order valence-electron chi connectivity index (χ2n) is 8.98. The summed E-state index contributed by atoms with van der Waals surface area (Å²) in [6, 6.07) is 17.4. The second-order valence-corrected chi connectivity index (χ2v) is 8.98. The van der Waals surface area contributed by atoms with Crippen molar-refractivity contribution in [1.82, 2.24) is 14.7 Å². The molecule has 194 valence electrons. The van der Waals surface area contributed by atoms with E-state index in [2.05, 4.69) is 18.7 Å². The minimum Gasteiger partial charge on any atom is -0.493 e. The van der Waals surface area contributed by atoms with E-state index in [1.165, 1.54) is 0 Å². The Labute approximate surface area is 213 Å². The van der Waals surface area contributed by atoms with Crippen LogP contribution in [0.2, 0.25) is 0 Å². The van der Waals surface area contributed by atoms with Crippen molar-refractivity contribution in [2.75, 3.05) is 20.3 Å². The Morgan fingerprint density at radius 1 is 1.08 bits per heavy atom. The highest BCUT2D eigenvalue weighted by atomic mass is 16.5. The Bertz CT molecular complexity index is 1110. The van der Waals surface area contributed by atoms with E-state index in [1.807, 2.05) is 68.4 Å². The Morgan fingerprint density at radius 2 is 1.75 bits per heavy atom. The number of nitrogens with zero attached hydrogens (tertiary/aromatic N) is 3. The molecule has 8 nitrogen and oxygen atoms in total. The van der Waals surface area contributed by atoms with E-state index in [0.717, 1.165) is 16.9 Å². The molecule has 8 heteroatoms. The molecule has 1 N–H and O–H groups in total. The number of para-hydroxylation sites is 3. The van der Waals surface area contributed by atoms with Crippen LogP contribution in [-0.2, 0) is 16.1 Å². The molecule has 0 saturated heterocycles. The summed E-state index contributed by atoms with van der Waals surface area (Å²) in [6.07, 6.45) is 0.255. The molecule has 2 aromatic carbocycles. The lowest BCUT2D eigenvalue weighted by Gasteiger charge is -2.29. The topological polar surface area (TPSA) is 86.1 Å². The van der Waals surface area contributed by atoms with Gasteiger partial charge < -0.3 is 19.3 Å². The zero-order valence-corrected chi connectivity index (χ0v) is 21.8. The molecule has 0 aliphatic heterocycles. The summed E-state index contributed by atoms with van der Waals surface area (Å²) in [5, 5.41) is 15.4. The number of hydrogen-bond donors (Lipinski definition) is 1. The van der Waals surface area contributed by atoms with Crippen molar-refractivity contribution in [2.45, 2.75) is 59.2 Å². The molecule has 3 rings (SSSR count). The Kier molecular flexibility index (Phi) is 9.90. The van der Waals surface area contributed by atoms with Crippen LogP contribution in [-0.4, -0.2) is 58.2 Å². The minimum atomic E-state index is -0.809. The summed E-state index contributed by atoms with van der Waals surface area (Å²) in [5.74, 6) is 1.49. The summed E-state index contributed by atoms with van der Waals surface area (Å²) in [4.78, 5) is 13.8. The number of aliphatic hydroxyl groups excluding tert-OH is 1. The Balaban J connectivity index is 1.91. The standard InChI is InChI=1S/C28H37N3O5/c1-6-12-27(33)35-19-23(32)17-30(20(2)3)18-24-21(4)29-31(22-13-8-7-9-14-22)28(24)36-26-16-11-10-15-25(26)34-5/h7-11,13-16,20,23,32H,6,12,17-19H2,1-5H3. The van der Waals surface area contributed by atoms with Gasteiger partial charge in [-0.25, -0.2) is 4.68 Å². The highest BCUT2D eigenvalue weighted by Gasteiger charge is 2.25. The van der Waals surface area contributed by atoms with Gasteiger partial charge in [-0.2, -0.15) is 5.10 Å². The van der Waals surface area contributed by atoms with E-state index < -0.39 is 6.10 Å². The van der Waals surface area contributed by atoms with Crippen LogP contribution in [0.1, 0.15) is 44.9 Å². The first-order valence-corrected chi connectivity index (χ1v) is 12.4. The minimum absolute atomic E-state index is 0.0329. The van der Waals surface area contributed by atoms with Gasteiger partial charge in [-0.3, -0.25) is 9.69 Å². The first kappa shape index (κ1) is 27.2. The summed E-state index contributed by atoms with van der Waals surface area (Å²) < 4.78 is 19.0. The van der Waals surface area contributed by atoms with Crippen LogP contribution in [0.4, 0.5) is 0 Å². The van der Waals surface area contributed by atoms with Crippen LogP contribution in [0.5, 0.6) is 17.4 Å². The molecule has 0 radical (unpaired) electrons. The predicted molar refractivity (Wildman–Crippen MR) is 139 cm³/mol. The predicted octanol–water partition coefficient (Wildman–Crippen LogP) is 4.90. The smallest absolute Gasteiger partial charge is 0.305 e. The maximum absolute atomic E-state index is 11.7. The summed E-state index contributed by atoms with van der Waals surface area (Å²) in [6.45, 7) is 8.78. The summed E-state index contributed by atoms with van der Waals surface area (Å²) in [7, 11) is 1.61. The van der Waals surface area contributed by atoms with Crippen LogP contribution >= 0.6 is 0 Å². The van der Waals surface area contributed by atoms with E-state index >= 15 is 0 Å². The third-order valence-electron chi connectivity index (χ3n) is 5.84. The highest BCUT2D eigenvalue weighted by Crippen LogP contribution is 2.36. The first-order chi connectivity index (χ1) is 17.3. The lowest BCUT2D eigenvalue weighted by Crippen LogP contribution is -2.39. The molecule has 36 heavy (non-hydrogen) atoms. The van der Waals surface area contributed by atoms with Gasteiger partial charge in [-0.1, -0.05) is 37.3 Å². The maximum atomic E-state index is 11.7. The number of carbonyl (C=O) groups is 1. The van der Waals surface area contributed by atoms with Crippen LogP contribution < -0.4 is 9.47 Å². The van der Waals surface area contributed by atoms with Crippen LogP contribution in [0, 0.1) is 6.92 Å². The molecule has 0 amide bonds. The number of aryl methyl sites for hydroxylation is 1. The fourth-order valence-corrected chi connectivity index (χ4v) is 3.83. The Morgan fingerprint density at radius 3 is 2.39 bits per heavy atom. The number of aromatic nitrogens is 2. The molecule has 0 saturated carbocycles. The summed E-state index contributed by atoms with van der Waals surface area (Å²) >= 11 is 0. The second kappa shape index (κ2) is 13.1. The van der Waals surface area contributed by atoms with E-state index in [9.17, 15) is 9.90 Å². The van der Waals surface area contributed by atoms with Gasteiger partial charge in [0.15, 0.2) is 11.5 Å². The van der Waals surface area contributed by atoms with Gasteiger partial charge in [0.2, 0.25) is 5.88 Å². The van der Waals surface area contributed by atoms with Gasteiger partial charge in [0, 0.05) is 25.6 Å². The van der Waals surface area contributed by atoms with Crippen LogP contribution in [0.25, 0.3) is 5.69 Å². The summed E-state index contributed by atoms with van der Waals surface area (Å²) in [5.41, 5.74) is 2.59. The van der Waals surface area contributed by atoms with Gasteiger partial charge >= 0.3 is 5.97 Å². The molecule has 3 aromatic rings. The number of carbonyl (C=O) groups excluding carboxylic acids is 1. The lowest BCUT2D eigenvalue weighted by atomic mass is 10.2.